The smallest absolute Gasteiger partial charge is 0.333 e. The predicted octanol–water partition coefficient (Wildman–Crippen LogP) is 5.28. The Morgan fingerprint density at radius 1 is 1.19 bits per heavy atom. The lowest BCUT2D eigenvalue weighted by Crippen LogP contribution is -2.08. The Hall–Kier alpha value is -1.57. The molecule has 0 fully saturated rings. The van der Waals surface area contributed by atoms with Crippen LogP contribution in [0, 0.1) is 0 Å². The van der Waals surface area contributed by atoms with E-state index >= 15 is 0 Å². The average molecular weight is 288 g/mol. The highest BCUT2D eigenvalue weighted by Crippen LogP contribution is 2.23. The molecule has 2 heteroatoms. The van der Waals surface area contributed by atoms with Gasteiger partial charge in [-0.05, 0) is 52.9 Å². The van der Waals surface area contributed by atoms with Crippen LogP contribution in [0.1, 0.15) is 59.3 Å². The zero-order valence-corrected chi connectivity index (χ0v) is 13.9. The number of carbonyl (C=O) groups excluding carboxylic acids is 1. The van der Waals surface area contributed by atoms with E-state index in [0.29, 0.717) is 0 Å². The van der Waals surface area contributed by atoms with Gasteiger partial charge in [0.1, 0.15) is 0 Å². The summed E-state index contributed by atoms with van der Waals surface area (Å²) in [5.74, 6) is -0.186. The maximum Gasteiger partial charge on any atom is 0.333 e. The van der Waals surface area contributed by atoms with Crippen molar-refractivity contribution in [2.75, 3.05) is 7.11 Å². The van der Waals surface area contributed by atoms with E-state index in [-0.39, 0.29) is 5.97 Å². The Kier molecular flexibility index (Phi) is 7.81. The molecule has 0 amide bonds. The van der Waals surface area contributed by atoms with E-state index < -0.39 is 0 Å². The summed E-state index contributed by atoms with van der Waals surface area (Å²) >= 11 is 0. The van der Waals surface area contributed by atoms with Gasteiger partial charge in [-0.15, -0.1) is 0 Å². The number of hydrogen-bond acceptors (Lipinski definition) is 2. The van der Waals surface area contributed by atoms with Crippen LogP contribution >= 0.6 is 0 Å². The number of ether oxygens (including phenoxy) is 1. The number of allylic oxidation sites excluding steroid dienone is 7. The normalized spacial score (nSPS) is 15.1. The van der Waals surface area contributed by atoms with Crippen LogP contribution in [0.2, 0.25) is 0 Å². The van der Waals surface area contributed by atoms with Gasteiger partial charge in [-0.3, -0.25) is 0 Å². The van der Waals surface area contributed by atoms with Crippen molar-refractivity contribution in [3.63, 3.8) is 0 Å². The minimum atomic E-state index is -0.186. The maximum atomic E-state index is 11.5. The molecule has 0 heterocycles. The lowest BCUT2D eigenvalue weighted by molar-refractivity contribution is -0.136. The van der Waals surface area contributed by atoms with E-state index in [1.54, 1.807) is 0 Å². The van der Waals surface area contributed by atoms with Crippen LogP contribution in [0.4, 0.5) is 0 Å². The molecule has 1 aliphatic rings. The SMILES string of the molecule is COC(=O)C1=CCC=C(CC/C=C(/C)CCC=C(C)C)C1. The third-order valence-electron chi connectivity index (χ3n) is 3.69. The predicted molar refractivity (Wildman–Crippen MR) is 89.1 cm³/mol. The molecule has 0 N–H and O–H groups in total. The van der Waals surface area contributed by atoms with E-state index in [1.807, 2.05) is 6.08 Å². The second-order valence-electron chi connectivity index (χ2n) is 5.91. The third-order valence-corrected chi connectivity index (χ3v) is 3.69. The van der Waals surface area contributed by atoms with E-state index in [1.165, 1.54) is 23.8 Å². The quantitative estimate of drug-likeness (QED) is 0.470. The second-order valence-corrected chi connectivity index (χ2v) is 5.91. The van der Waals surface area contributed by atoms with Crippen molar-refractivity contribution in [3.05, 3.63) is 46.6 Å². The molecule has 0 aromatic carbocycles. The first kappa shape index (κ1) is 17.5. The van der Waals surface area contributed by atoms with Crippen LogP contribution < -0.4 is 0 Å². The molecule has 0 aromatic rings. The fourth-order valence-corrected chi connectivity index (χ4v) is 2.43. The van der Waals surface area contributed by atoms with E-state index in [9.17, 15) is 4.79 Å². The number of esters is 1. The monoisotopic (exact) mass is 288 g/mol. The van der Waals surface area contributed by atoms with E-state index in [4.69, 9.17) is 4.74 Å². The number of methoxy groups -OCH3 is 1. The van der Waals surface area contributed by atoms with Crippen molar-refractivity contribution in [1.29, 1.82) is 0 Å². The summed E-state index contributed by atoms with van der Waals surface area (Å²) in [6, 6.07) is 0. The van der Waals surface area contributed by atoms with E-state index in [2.05, 4.69) is 39.0 Å². The van der Waals surface area contributed by atoms with Crippen molar-refractivity contribution in [3.8, 4) is 0 Å². The van der Waals surface area contributed by atoms with Gasteiger partial charge in [-0.1, -0.05) is 41.0 Å². The second kappa shape index (κ2) is 9.38. The first-order valence-corrected chi connectivity index (χ1v) is 7.77. The van der Waals surface area contributed by atoms with Crippen molar-refractivity contribution in [2.24, 2.45) is 0 Å². The molecule has 0 saturated heterocycles. The van der Waals surface area contributed by atoms with Crippen molar-refractivity contribution >= 4 is 5.97 Å². The molecule has 21 heavy (non-hydrogen) atoms. The van der Waals surface area contributed by atoms with Crippen LogP contribution in [0.3, 0.4) is 0 Å². The molecule has 0 atom stereocenters. The molecule has 0 radical (unpaired) electrons. The number of hydrogen-bond donors (Lipinski definition) is 0. The summed E-state index contributed by atoms with van der Waals surface area (Å²) in [5.41, 5.74) is 5.00. The summed E-state index contributed by atoms with van der Waals surface area (Å²) in [6.07, 6.45) is 14.8. The molecule has 0 bridgehead atoms. The van der Waals surface area contributed by atoms with Gasteiger partial charge in [0.2, 0.25) is 0 Å². The summed E-state index contributed by atoms with van der Waals surface area (Å²) in [7, 11) is 1.44. The summed E-state index contributed by atoms with van der Waals surface area (Å²) in [4.78, 5) is 11.5. The Morgan fingerprint density at radius 3 is 2.62 bits per heavy atom. The van der Waals surface area contributed by atoms with Gasteiger partial charge in [0.05, 0.1) is 7.11 Å². The molecule has 1 aliphatic carbocycles. The molecule has 116 valence electrons. The average Bonchev–Trinajstić information content (AvgIpc) is 2.46. The minimum Gasteiger partial charge on any atom is -0.466 e. The zero-order chi connectivity index (χ0) is 15.7. The van der Waals surface area contributed by atoms with Crippen molar-refractivity contribution in [2.45, 2.75) is 59.3 Å². The Balaban J connectivity index is 2.34. The molecule has 1 rings (SSSR count). The summed E-state index contributed by atoms with van der Waals surface area (Å²) in [5, 5.41) is 0. The van der Waals surface area contributed by atoms with Gasteiger partial charge in [0, 0.05) is 12.0 Å². The molecule has 0 aliphatic heterocycles. The van der Waals surface area contributed by atoms with Crippen LogP contribution in [-0.4, -0.2) is 13.1 Å². The van der Waals surface area contributed by atoms with Crippen LogP contribution in [-0.2, 0) is 9.53 Å². The fraction of sp³-hybridized carbons (Fsp3) is 0.526. The molecule has 0 unspecified atom stereocenters. The lowest BCUT2D eigenvalue weighted by Gasteiger charge is -2.13. The molecular weight excluding hydrogens is 260 g/mol. The molecule has 0 saturated carbocycles. The molecule has 2 nitrogen and oxygen atoms in total. The Morgan fingerprint density at radius 2 is 1.95 bits per heavy atom. The third kappa shape index (κ3) is 7.12. The number of carbonyl (C=O) groups is 1. The summed E-state index contributed by atoms with van der Waals surface area (Å²) < 4.78 is 4.79. The Labute approximate surface area is 129 Å². The first-order valence-electron chi connectivity index (χ1n) is 7.77. The highest BCUT2D eigenvalue weighted by Gasteiger charge is 2.13. The minimum absolute atomic E-state index is 0.186. The summed E-state index contributed by atoms with van der Waals surface area (Å²) in [6.45, 7) is 6.48. The lowest BCUT2D eigenvalue weighted by atomic mass is 9.94. The molecule has 0 spiro atoms. The molecule has 0 aromatic heterocycles. The van der Waals surface area contributed by atoms with Crippen molar-refractivity contribution < 1.29 is 9.53 Å². The topological polar surface area (TPSA) is 26.3 Å². The van der Waals surface area contributed by atoms with Crippen molar-refractivity contribution in [1.82, 2.24) is 0 Å². The van der Waals surface area contributed by atoms with E-state index in [0.717, 1.165) is 44.1 Å². The first-order chi connectivity index (χ1) is 10.0. The maximum absolute atomic E-state index is 11.5. The van der Waals surface area contributed by atoms with Gasteiger partial charge >= 0.3 is 5.97 Å². The zero-order valence-electron chi connectivity index (χ0n) is 13.9. The van der Waals surface area contributed by atoms with Gasteiger partial charge < -0.3 is 4.74 Å². The number of rotatable bonds is 7. The van der Waals surface area contributed by atoms with Gasteiger partial charge in [0.15, 0.2) is 0 Å². The largest absolute Gasteiger partial charge is 0.466 e. The van der Waals surface area contributed by atoms with Crippen LogP contribution in [0.25, 0.3) is 0 Å². The highest BCUT2D eigenvalue weighted by molar-refractivity contribution is 5.89. The van der Waals surface area contributed by atoms with Crippen LogP contribution in [0.5, 0.6) is 0 Å². The highest BCUT2D eigenvalue weighted by atomic mass is 16.5. The Bertz CT molecular complexity index is 472. The van der Waals surface area contributed by atoms with Gasteiger partial charge in [0.25, 0.3) is 0 Å². The van der Waals surface area contributed by atoms with Gasteiger partial charge in [-0.25, -0.2) is 4.79 Å². The van der Waals surface area contributed by atoms with Gasteiger partial charge in [-0.2, -0.15) is 0 Å². The van der Waals surface area contributed by atoms with Crippen LogP contribution in [0.15, 0.2) is 46.6 Å². The fourth-order valence-electron chi connectivity index (χ4n) is 2.43. The molecular formula is C19H28O2. The standard InChI is InChI=1S/C19H28O2/c1-15(2)8-5-9-16(3)10-6-11-17-12-7-13-18(14-17)19(20)21-4/h8,10,12-13H,5-7,9,11,14H2,1-4H3/b16-10-.